The van der Waals surface area contributed by atoms with Gasteiger partial charge >= 0.3 is 0 Å². The Labute approximate surface area is 164 Å². The van der Waals surface area contributed by atoms with Gasteiger partial charge in [0.05, 0.1) is 11.5 Å². The molecular weight excluding hydrogens is 378 g/mol. The molecule has 1 aliphatic heterocycles. The quantitative estimate of drug-likeness (QED) is 0.741. The third-order valence-corrected chi connectivity index (χ3v) is 5.72. The molecule has 148 valence electrons. The highest BCUT2D eigenvalue weighted by atomic mass is 32.2. The lowest BCUT2D eigenvalue weighted by atomic mass is 10.1. The van der Waals surface area contributed by atoms with Crippen LogP contribution in [0.15, 0.2) is 58.4 Å². The fourth-order valence-corrected chi connectivity index (χ4v) is 4.03. The number of sulfonamides is 1. The van der Waals surface area contributed by atoms with Gasteiger partial charge in [0, 0.05) is 18.7 Å². The molecular formula is C20H23N3O4S. The number of hydrogen-bond donors (Lipinski definition) is 2. The van der Waals surface area contributed by atoms with Gasteiger partial charge in [-0.3, -0.25) is 14.5 Å². The Kier molecular flexibility index (Phi) is 6.11. The van der Waals surface area contributed by atoms with E-state index in [1.54, 1.807) is 25.1 Å². The molecule has 1 aliphatic rings. The van der Waals surface area contributed by atoms with Crippen molar-refractivity contribution >= 4 is 21.8 Å². The molecule has 1 amide bonds. The molecule has 0 fully saturated rings. The third-order valence-electron chi connectivity index (χ3n) is 4.33. The summed E-state index contributed by atoms with van der Waals surface area (Å²) in [7, 11) is -3.61. The highest BCUT2D eigenvalue weighted by Gasteiger charge is 2.31. The Balaban J connectivity index is 1.62. The minimum Gasteiger partial charge on any atom is -0.377 e. The van der Waals surface area contributed by atoms with Crippen molar-refractivity contribution in [3.05, 3.63) is 65.2 Å². The smallest absolute Gasteiger partial charge is 0.263 e. The standard InChI is InChI=1S/C20H23N3O4S/c1-3-27-13-16-10-8-15(9-11-16)12-21-20(24)14(2)22-19-17-6-4-5-7-18(17)28(25,26)23-19/h4-11,14H,3,12-13H2,1-2H3,(H,21,24)(H,22,23)/t14-/m0/s1. The van der Waals surface area contributed by atoms with Gasteiger partial charge in [-0.1, -0.05) is 36.4 Å². The zero-order chi connectivity index (χ0) is 20.1. The first kappa shape index (κ1) is 20.0. The van der Waals surface area contributed by atoms with E-state index in [-0.39, 0.29) is 16.6 Å². The summed E-state index contributed by atoms with van der Waals surface area (Å²) in [5, 5.41) is 2.83. The number of benzene rings is 2. The second-order valence-electron chi connectivity index (χ2n) is 6.43. The van der Waals surface area contributed by atoms with Crippen LogP contribution in [0, 0.1) is 0 Å². The second kappa shape index (κ2) is 8.53. The summed E-state index contributed by atoms with van der Waals surface area (Å²) in [6, 6.07) is 13.6. The summed E-state index contributed by atoms with van der Waals surface area (Å²) in [4.78, 5) is 16.8. The number of amides is 1. The molecule has 2 N–H and O–H groups in total. The van der Waals surface area contributed by atoms with Crippen molar-refractivity contribution in [3.8, 4) is 0 Å². The molecule has 0 unspecified atom stereocenters. The van der Waals surface area contributed by atoms with Gasteiger partial charge in [0.1, 0.15) is 11.9 Å². The van der Waals surface area contributed by atoms with Crippen LogP contribution in [-0.4, -0.2) is 32.8 Å². The van der Waals surface area contributed by atoms with E-state index in [9.17, 15) is 13.2 Å². The summed E-state index contributed by atoms with van der Waals surface area (Å²) in [6.07, 6.45) is 0. The number of ether oxygens (including phenoxy) is 1. The summed E-state index contributed by atoms with van der Waals surface area (Å²) in [5.74, 6) is -0.0898. The number of amidine groups is 1. The molecule has 3 rings (SSSR count). The molecule has 0 bridgehead atoms. The van der Waals surface area contributed by atoms with Crippen LogP contribution < -0.4 is 10.0 Å². The fraction of sp³-hybridized carbons (Fsp3) is 0.300. The highest BCUT2D eigenvalue weighted by molar-refractivity contribution is 7.90. The second-order valence-corrected chi connectivity index (χ2v) is 8.08. The van der Waals surface area contributed by atoms with Crippen LogP contribution in [0.25, 0.3) is 0 Å². The number of nitrogens with one attached hydrogen (secondary N) is 2. The Hall–Kier alpha value is -2.71. The van der Waals surface area contributed by atoms with Gasteiger partial charge in [0.2, 0.25) is 5.91 Å². The van der Waals surface area contributed by atoms with Crippen molar-refractivity contribution in [2.45, 2.75) is 37.9 Å². The molecule has 1 atom stereocenters. The lowest BCUT2D eigenvalue weighted by Gasteiger charge is -2.10. The van der Waals surface area contributed by atoms with Crippen LogP contribution in [0.2, 0.25) is 0 Å². The molecule has 0 saturated carbocycles. The molecule has 7 nitrogen and oxygen atoms in total. The Bertz CT molecular complexity index is 985. The molecule has 2 aromatic rings. The van der Waals surface area contributed by atoms with Crippen LogP contribution in [0.4, 0.5) is 0 Å². The van der Waals surface area contributed by atoms with E-state index in [2.05, 4.69) is 15.0 Å². The predicted molar refractivity (Wildman–Crippen MR) is 106 cm³/mol. The van der Waals surface area contributed by atoms with E-state index in [0.29, 0.717) is 25.3 Å². The zero-order valence-corrected chi connectivity index (χ0v) is 16.6. The molecule has 0 radical (unpaired) electrons. The number of nitrogens with zero attached hydrogens (tertiary/aromatic N) is 1. The van der Waals surface area contributed by atoms with Gasteiger partial charge in [-0.05, 0) is 37.1 Å². The van der Waals surface area contributed by atoms with E-state index in [1.165, 1.54) is 6.07 Å². The SMILES string of the molecule is CCOCc1ccc(CNC(=O)[C@H](C)N=C2NS(=O)(=O)c3ccccc32)cc1. The number of rotatable bonds is 7. The van der Waals surface area contributed by atoms with E-state index in [1.807, 2.05) is 31.2 Å². The Morgan fingerprint density at radius 2 is 1.82 bits per heavy atom. The largest absolute Gasteiger partial charge is 0.377 e. The first-order valence-corrected chi connectivity index (χ1v) is 10.5. The maximum absolute atomic E-state index is 12.4. The molecule has 8 heteroatoms. The van der Waals surface area contributed by atoms with Crippen molar-refractivity contribution in [1.29, 1.82) is 0 Å². The first-order valence-electron chi connectivity index (χ1n) is 9.04. The monoisotopic (exact) mass is 401 g/mol. The number of carbonyl (C=O) groups excluding carboxylic acids is 1. The van der Waals surface area contributed by atoms with Crippen molar-refractivity contribution in [2.75, 3.05) is 6.61 Å². The van der Waals surface area contributed by atoms with Gasteiger partial charge in [-0.2, -0.15) is 0 Å². The number of fused-ring (bicyclic) bond motifs is 1. The average Bonchev–Trinajstić information content (AvgIpc) is 2.95. The maximum atomic E-state index is 12.4. The van der Waals surface area contributed by atoms with E-state index >= 15 is 0 Å². The highest BCUT2D eigenvalue weighted by Crippen LogP contribution is 2.22. The summed E-state index contributed by atoms with van der Waals surface area (Å²) in [6.45, 7) is 5.17. The predicted octanol–water partition coefficient (Wildman–Crippen LogP) is 1.97. The van der Waals surface area contributed by atoms with Crippen LogP contribution >= 0.6 is 0 Å². The Morgan fingerprint density at radius 3 is 2.54 bits per heavy atom. The number of hydrogen-bond acceptors (Lipinski definition) is 5. The lowest BCUT2D eigenvalue weighted by Crippen LogP contribution is -2.33. The minimum atomic E-state index is -3.61. The summed E-state index contributed by atoms with van der Waals surface area (Å²) < 4.78 is 32.0. The normalized spacial score (nSPS) is 17.0. The Morgan fingerprint density at radius 1 is 1.14 bits per heavy atom. The van der Waals surface area contributed by atoms with Crippen LogP contribution in [0.3, 0.4) is 0 Å². The van der Waals surface area contributed by atoms with Crippen molar-refractivity contribution < 1.29 is 17.9 Å². The van der Waals surface area contributed by atoms with Gasteiger partial charge < -0.3 is 10.1 Å². The first-order chi connectivity index (χ1) is 13.4. The van der Waals surface area contributed by atoms with Gasteiger partial charge in [0.25, 0.3) is 10.0 Å². The van der Waals surface area contributed by atoms with E-state index in [4.69, 9.17) is 4.74 Å². The van der Waals surface area contributed by atoms with Crippen LogP contribution in [0.5, 0.6) is 0 Å². The van der Waals surface area contributed by atoms with Crippen molar-refractivity contribution in [3.63, 3.8) is 0 Å². The molecule has 0 aliphatic carbocycles. The summed E-state index contributed by atoms with van der Waals surface area (Å²) >= 11 is 0. The topological polar surface area (TPSA) is 96.9 Å². The molecule has 0 aromatic heterocycles. The lowest BCUT2D eigenvalue weighted by molar-refractivity contribution is -0.122. The molecule has 28 heavy (non-hydrogen) atoms. The molecule has 2 aromatic carbocycles. The fourth-order valence-electron chi connectivity index (χ4n) is 2.79. The minimum absolute atomic E-state index is 0.175. The number of aliphatic imine (C=N–C) groups is 1. The molecule has 1 heterocycles. The zero-order valence-electron chi connectivity index (χ0n) is 15.8. The van der Waals surface area contributed by atoms with Gasteiger partial charge in [-0.15, -0.1) is 0 Å². The maximum Gasteiger partial charge on any atom is 0.263 e. The third kappa shape index (κ3) is 4.58. The molecule has 0 saturated heterocycles. The van der Waals surface area contributed by atoms with Gasteiger partial charge in [0.15, 0.2) is 0 Å². The van der Waals surface area contributed by atoms with Crippen LogP contribution in [-0.2, 0) is 32.7 Å². The van der Waals surface area contributed by atoms with Gasteiger partial charge in [-0.25, -0.2) is 8.42 Å². The van der Waals surface area contributed by atoms with Crippen LogP contribution in [0.1, 0.15) is 30.5 Å². The van der Waals surface area contributed by atoms with E-state index in [0.717, 1.165) is 11.1 Å². The summed E-state index contributed by atoms with van der Waals surface area (Å²) in [5.41, 5.74) is 2.51. The average molecular weight is 401 g/mol. The number of carbonyl (C=O) groups is 1. The van der Waals surface area contributed by atoms with E-state index < -0.39 is 16.1 Å². The molecule has 0 spiro atoms. The van der Waals surface area contributed by atoms with Crippen molar-refractivity contribution in [2.24, 2.45) is 4.99 Å². The van der Waals surface area contributed by atoms with Crippen molar-refractivity contribution in [1.82, 2.24) is 10.0 Å².